The Morgan fingerprint density at radius 1 is 0.159 bits per heavy atom. The fraction of sp³-hybridized carbons (Fsp3) is 0.0222. The molecular formula is C135H83N5O5. The summed E-state index contributed by atoms with van der Waals surface area (Å²) in [7, 11) is 0. The maximum atomic E-state index is 6.61. The van der Waals surface area contributed by atoms with E-state index in [9.17, 15) is 0 Å². The van der Waals surface area contributed by atoms with E-state index in [0.717, 1.165) is 177 Å². The molecule has 22 aromatic carbocycles. The number of benzene rings is 22. The number of furan rings is 5. The van der Waals surface area contributed by atoms with Crippen LogP contribution < -0.4 is 0 Å². The highest BCUT2D eigenvalue weighted by atomic mass is 16.3. The van der Waals surface area contributed by atoms with E-state index >= 15 is 0 Å². The molecule has 0 saturated carbocycles. The van der Waals surface area contributed by atoms with Gasteiger partial charge in [0, 0.05) is 136 Å². The minimum atomic E-state index is -0.0257. The van der Waals surface area contributed by atoms with Crippen LogP contribution in [0.5, 0.6) is 0 Å². The van der Waals surface area contributed by atoms with E-state index in [-0.39, 0.29) is 5.41 Å². The van der Waals surface area contributed by atoms with Crippen LogP contribution in [0.1, 0.15) is 25.0 Å². The first-order chi connectivity index (χ1) is 71.7. The molecule has 0 radical (unpaired) electrons. The van der Waals surface area contributed by atoms with Gasteiger partial charge in [0.2, 0.25) is 0 Å². The molecule has 0 N–H and O–H groups in total. The summed E-state index contributed by atoms with van der Waals surface area (Å²) in [5.74, 6) is 0. The summed E-state index contributed by atoms with van der Waals surface area (Å²) >= 11 is 0. The number of nitrogens with zero attached hydrogens (tertiary/aromatic N) is 5. The smallest absolute Gasteiger partial charge is 0.159 e. The van der Waals surface area contributed by atoms with Gasteiger partial charge in [-0.1, -0.05) is 299 Å². The minimum Gasteiger partial charge on any atom is -0.456 e. The van der Waals surface area contributed by atoms with Crippen LogP contribution in [-0.2, 0) is 5.41 Å². The molecular weight excluding hydrogens is 1770 g/mol. The maximum Gasteiger partial charge on any atom is 0.159 e. The second-order valence-electron chi connectivity index (χ2n) is 39.1. The number of para-hydroxylation sites is 13. The largest absolute Gasteiger partial charge is 0.456 e. The Morgan fingerprint density at radius 2 is 0.476 bits per heavy atom. The lowest BCUT2D eigenvalue weighted by atomic mass is 9.82. The van der Waals surface area contributed by atoms with Gasteiger partial charge < -0.3 is 44.9 Å². The molecule has 0 aliphatic heterocycles. The number of hydrogen-bond donors (Lipinski definition) is 0. The van der Waals surface area contributed by atoms with Crippen molar-refractivity contribution >= 4 is 219 Å². The third kappa shape index (κ3) is 11.9. The molecule has 0 saturated heterocycles. The predicted molar refractivity (Wildman–Crippen MR) is 601 cm³/mol. The predicted octanol–water partition coefficient (Wildman–Crippen LogP) is 37.3. The quantitative estimate of drug-likeness (QED) is 0.151. The van der Waals surface area contributed by atoms with Gasteiger partial charge in [-0.15, -0.1) is 0 Å². The summed E-state index contributed by atoms with van der Waals surface area (Å²) in [6, 6.07) is 167. The molecule has 0 unspecified atom stereocenters. The van der Waals surface area contributed by atoms with E-state index in [1.807, 2.05) is 42.5 Å². The molecule has 10 nitrogen and oxygen atoms in total. The van der Waals surface area contributed by atoms with E-state index in [1.54, 1.807) is 0 Å². The van der Waals surface area contributed by atoms with Gasteiger partial charge in [-0.2, -0.15) is 0 Å². The van der Waals surface area contributed by atoms with Crippen LogP contribution in [0.2, 0.25) is 0 Å². The highest BCUT2D eigenvalue weighted by Crippen LogP contribution is 2.54. The molecule has 1 aliphatic rings. The van der Waals surface area contributed by atoms with Crippen LogP contribution in [0.15, 0.2) is 489 Å². The van der Waals surface area contributed by atoms with Crippen molar-refractivity contribution < 1.29 is 22.1 Å². The van der Waals surface area contributed by atoms with E-state index in [1.165, 1.54) is 126 Å². The van der Waals surface area contributed by atoms with Crippen molar-refractivity contribution in [2.75, 3.05) is 0 Å². The van der Waals surface area contributed by atoms with Crippen molar-refractivity contribution in [2.45, 2.75) is 19.3 Å². The van der Waals surface area contributed by atoms with Crippen molar-refractivity contribution in [1.82, 2.24) is 22.8 Å². The summed E-state index contributed by atoms with van der Waals surface area (Å²) in [4.78, 5) is 0. The molecule has 678 valence electrons. The van der Waals surface area contributed by atoms with Crippen molar-refractivity contribution in [3.8, 4) is 72.9 Å². The zero-order valence-electron chi connectivity index (χ0n) is 78.7. The average molecular weight is 1860 g/mol. The Bertz CT molecular complexity index is 11100. The van der Waals surface area contributed by atoms with Crippen molar-refractivity contribution in [1.29, 1.82) is 0 Å². The highest BCUT2D eigenvalue weighted by Gasteiger charge is 2.37. The standard InChI is InChI=1S/C54H32N2O2.C48H28N2O2.C33H23NO/c1-2-11-36(12-3-1)55-45-18-7-4-13-39(45)43-31-34(23-27-46(43)55)35-24-28-47-44(32-35)52-48(29-30-51-53(52)42-15-6-9-20-50(42)57-51)56(47)37-25-21-33(22-26-37)38-16-10-17-41-40-14-5-8-19-49(40)58-54(38)41;1-2-11-31(12-3-1)49-38-17-7-4-13-32(38)36-27-29(21-23-39(36)49)30-22-24-40-37(28-30)46-41(25-26-45-47(46)35-15-6-9-20-44(35)51-45)50(40)42-18-10-16-34-33-14-5-8-19-43(33)52-48(34)42;1-33(2)26-14-6-3-10-20(26)24-19-30-25(18-27(24)33)21-11-4-7-15-28(21)34(30)29-16-9-13-23-22-12-5-8-17-31(22)35-32(23)29/h1-32H;1-28H;3-19H,1-2H3. The fourth-order valence-electron chi connectivity index (χ4n) is 24.6. The molecule has 10 heteroatoms. The summed E-state index contributed by atoms with van der Waals surface area (Å²) in [5, 5.41) is 23.6. The molecule has 0 atom stereocenters. The van der Waals surface area contributed by atoms with E-state index in [4.69, 9.17) is 22.1 Å². The molecule has 1 aliphatic carbocycles. The molecule has 145 heavy (non-hydrogen) atoms. The lowest BCUT2D eigenvalue weighted by molar-refractivity contribution is 0.661. The van der Waals surface area contributed by atoms with E-state index in [0.29, 0.717) is 0 Å². The number of rotatable bonds is 8. The van der Waals surface area contributed by atoms with E-state index < -0.39 is 0 Å². The van der Waals surface area contributed by atoms with Gasteiger partial charge in [-0.05, 0) is 232 Å². The van der Waals surface area contributed by atoms with Gasteiger partial charge in [-0.3, -0.25) is 0 Å². The Morgan fingerprint density at radius 3 is 0.966 bits per heavy atom. The SMILES string of the molecule is CC1(C)c2ccccc2-c2cc3c(cc21)c1ccccc1n3-c1cccc2c1oc1ccccc12.c1ccc(-n2c3ccccc3c3cc(-c4ccc5c(c4)c4c6c(ccc4n5-c4ccc(-c5cccc7c5oc5ccccc57)cc4)oc4ccccc46)ccc32)cc1.c1ccc(-n2c3ccccc3c3cc(-c4ccc5c(c4)c4c6c(ccc4n5-c4cccc5c4oc4ccccc45)oc4ccccc46)ccc32)cc1. The third-order valence-corrected chi connectivity index (χ3v) is 31.0. The first kappa shape index (κ1) is 80.8. The Balaban J connectivity index is 0.000000102. The number of hydrogen-bond acceptors (Lipinski definition) is 5. The first-order valence-corrected chi connectivity index (χ1v) is 49.6. The first-order valence-electron chi connectivity index (χ1n) is 49.6. The molecule has 0 spiro atoms. The zero-order valence-corrected chi connectivity index (χ0v) is 78.7. The molecule has 0 fully saturated rings. The van der Waals surface area contributed by atoms with Crippen LogP contribution in [0, 0.1) is 0 Å². The highest BCUT2D eigenvalue weighted by molar-refractivity contribution is 6.31. The monoisotopic (exact) mass is 1850 g/mol. The van der Waals surface area contributed by atoms with Crippen LogP contribution in [0.25, 0.3) is 292 Å². The molecule has 33 rings (SSSR count). The van der Waals surface area contributed by atoms with Gasteiger partial charge in [0.1, 0.15) is 44.7 Å². The number of aromatic nitrogens is 5. The lowest BCUT2D eigenvalue weighted by Crippen LogP contribution is -2.14. The molecule has 0 bridgehead atoms. The zero-order chi connectivity index (χ0) is 95.1. The Hall–Kier alpha value is -19.2. The van der Waals surface area contributed by atoms with E-state index in [2.05, 4.69) is 461 Å². The normalized spacial score (nSPS) is 12.7. The van der Waals surface area contributed by atoms with Crippen LogP contribution in [0.3, 0.4) is 0 Å². The van der Waals surface area contributed by atoms with Crippen molar-refractivity contribution in [2.24, 2.45) is 0 Å². The Kier molecular flexibility index (Phi) is 17.2. The number of fused-ring (bicyclic) bond motifs is 35. The molecule has 10 aromatic heterocycles. The molecule has 10 heterocycles. The van der Waals surface area contributed by atoms with Gasteiger partial charge in [0.25, 0.3) is 0 Å². The lowest BCUT2D eigenvalue weighted by Gasteiger charge is -2.21. The van der Waals surface area contributed by atoms with Gasteiger partial charge in [-0.25, -0.2) is 0 Å². The second-order valence-corrected chi connectivity index (χ2v) is 39.1. The summed E-state index contributed by atoms with van der Waals surface area (Å²) in [6.45, 7) is 4.69. The van der Waals surface area contributed by atoms with Crippen LogP contribution >= 0.6 is 0 Å². The molecule has 32 aromatic rings. The minimum absolute atomic E-state index is 0.0257. The van der Waals surface area contributed by atoms with Gasteiger partial charge in [0.15, 0.2) is 11.2 Å². The van der Waals surface area contributed by atoms with Gasteiger partial charge >= 0.3 is 0 Å². The van der Waals surface area contributed by atoms with Crippen molar-refractivity contribution in [3.63, 3.8) is 0 Å². The van der Waals surface area contributed by atoms with Gasteiger partial charge in [0.05, 0.1) is 66.5 Å². The van der Waals surface area contributed by atoms with Crippen molar-refractivity contribution in [3.05, 3.63) is 478 Å². The maximum absolute atomic E-state index is 6.61. The molecule has 0 amide bonds. The summed E-state index contributed by atoms with van der Waals surface area (Å²) in [6.07, 6.45) is 0. The van der Waals surface area contributed by atoms with Crippen LogP contribution in [0.4, 0.5) is 0 Å². The van der Waals surface area contributed by atoms with Crippen LogP contribution in [-0.4, -0.2) is 22.8 Å². The Labute approximate surface area is 828 Å². The topological polar surface area (TPSA) is 90.3 Å². The second kappa shape index (κ2) is 30.9. The third-order valence-electron chi connectivity index (χ3n) is 31.0. The summed E-state index contributed by atoms with van der Waals surface area (Å²) in [5.41, 5.74) is 38.6. The summed E-state index contributed by atoms with van der Waals surface area (Å²) < 4.78 is 44.3. The average Bonchev–Trinajstić information content (AvgIpc) is 1.55. The fourth-order valence-corrected chi connectivity index (χ4v) is 24.6.